The molecule has 3 rings (SSSR count). The van der Waals surface area contributed by atoms with E-state index in [4.69, 9.17) is 21.7 Å². The molecule has 0 bridgehead atoms. The van der Waals surface area contributed by atoms with Crippen LogP contribution in [0, 0.1) is 14.8 Å². The van der Waals surface area contributed by atoms with E-state index in [9.17, 15) is 15.2 Å². The average molecular weight is 363 g/mol. The van der Waals surface area contributed by atoms with E-state index < -0.39 is 22.2 Å². The number of nitro benzene ring substituents is 1. The molecule has 132 valence electrons. The van der Waals surface area contributed by atoms with E-state index in [0.717, 1.165) is 0 Å². The molecule has 0 fully saturated rings. The molecule has 9 heteroatoms. The molecule has 1 aromatic carbocycles. The largest absolute Gasteiger partial charge is 0.484 e. The van der Waals surface area contributed by atoms with Gasteiger partial charge in [0.2, 0.25) is 5.88 Å². The lowest BCUT2D eigenvalue weighted by Crippen LogP contribution is -2.59. The highest BCUT2D eigenvalue weighted by Gasteiger charge is 2.54. The number of ether oxygens (including phenoxy) is 2. The predicted molar refractivity (Wildman–Crippen MR) is 91.2 cm³/mol. The zero-order chi connectivity index (χ0) is 18.4. The molecule has 0 saturated carbocycles. The van der Waals surface area contributed by atoms with Gasteiger partial charge < -0.3 is 14.6 Å². The van der Waals surface area contributed by atoms with E-state index in [0.29, 0.717) is 16.0 Å². The van der Waals surface area contributed by atoms with Crippen molar-refractivity contribution in [3.63, 3.8) is 0 Å². The van der Waals surface area contributed by atoms with Gasteiger partial charge in [0.25, 0.3) is 5.69 Å². The molecular formula is C16H17N3O5S. The summed E-state index contributed by atoms with van der Waals surface area (Å²) in [6.45, 7) is 5.00. The van der Waals surface area contributed by atoms with Gasteiger partial charge in [0.05, 0.1) is 4.92 Å². The zero-order valence-electron chi connectivity index (χ0n) is 13.8. The smallest absolute Gasteiger partial charge is 0.270 e. The Balaban J connectivity index is 2.12. The normalized spacial score (nSPS) is 24.1. The molecule has 0 amide bonds. The van der Waals surface area contributed by atoms with Crippen molar-refractivity contribution in [1.29, 1.82) is 0 Å². The van der Waals surface area contributed by atoms with Gasteiger partial charge in [0, 0.05) is 23.8 Å². The summed E-state index contributed by atoms with van der Waals surface area (Å²) in [6.07, 6.45) is -0.928. The van der Waals surface area contributed by atoms with Crippen LogP contribution in [0.2, 0.25) is 0 Å². The summed E-state index contributed by atoms with van der Waals surface area (Å²) in [5, 5.41) is 28.8. The number of aromatic amines is 1. The van der Waals surface area contributed by atoms with Gasteiger partial charge in [0.1, 0.15) is 21.6 Å². The molecule has 1 aliphatic heterocycles. The quantitative estimate of drug-likeness (QED) is 0.490. The van der Waals surface area contributed by atoms with Crippen molar-refractivity contribution in [1.82, 2.24) is 10.2 Å². The van der Waals surface area contributed by atoms with Crippen LogP contribution in [0.25, 0.3) is 0 Å². The SMILES string of the molecule is CC1(C)Oc2ccc([N+](=O)[O-])cc2C(Oc2ccc(=S)[nH]n2)C1(C)O. The fraction of sp³-hybridized carbons (Fsp3) is 0.375. The number of hydrogen-bond acceptors (Lipinski definition) is 7. The Morgan fingerprint density at radius 3 is 2.68 bits per heavy atom. The highest BCUT2D eigenvalue weighted by molar-refractivity contribution is 7.71. The van der Waals surface area contributed by atoms with Crippen LogP contribution in [0.1, 0.15) is 32.4 Å². The Morgan fingerprint density at radius 2 is 2.08 bits per heavy atom. The van der Waals surface area contributed by atoms with E-state index in [1.807, 2.05) is 0 Å². The number of aliphatic hydroxyl groups is 1. The minimum absolute atomic E-state index is 0.119. The van der Waals surface area contributed by atoms with Crippen molar-refractivity contribution < 1.29 is 19.5 Å². The molecule has 0 saturated heterocycles. The number of nitrogens with zero attached hydrogens (tertiary/aromatic N) is 2. The van der Waals surface area contributed by atoms with Crippen molar-refractivity contribution in [3.05, 3.63) is 50.7 Å². The molecule has 8 nitrogen and oxygen atoms in total. The lowest BCUT2D eigenvalue weighted by atomic mass is 9.77. The molecular weight excluding hydrogens is 346 g/mol. The highest BCUT2D eigenvalue weighted by Crippen LogP contribution is 2.48. The molecule has 25 heavy (non-hydrogen) atoms. The van der Waals surface area contributed by atoms with E-state index >= 15 is 0 Å². The summed E-state index contributed by atoms with van der Waals surface area (Å²) >= 11 is 4.95. The van der Waals surface area contributed by atoms with Crippen LogP contribution >= 0.6 is 12.2 Å². The number of nitro groups is 1. The molecule has 0 aliphatic carbocycles. The summed E-state index contributed by atoms with van der Waals surface area (Å²) in [5.74, 6) is 0.616. The second-order valence-electron chi connectivity index (χ2n) is 6.50. The first-order chi connectivity index (χ1) is 11.6. The minimum Gasteiger partial charge on any atom is -0.484 e. The van der Waals surface area contributed by atoms with Gasteiger partial charge in [-0.2, -0.15) is 0 Å². The van der Waals surface area contributed by atoms with Gasteiger partial charge in [-0.3, -0.25) is 15.2 Å². The summed E-state index contributed by atoms with van der Waals surface area (Å²) < 4.78 is 12.2. The Morgan fingerprint density at radius 1 is 1.36 bits per heavy atom. The monoisotopic (exact) mass is 363 g/mol. The van der Waals surface area contributed by atoms with Gasteiger partial charge in [-0.25, -0.2) is 0 Å². The second-order valence-corrected chi connectivity index (χ2v) is 6.94. The molecule has 2 heterocycles. The maximum Gasteiger partial charge on any atom is 0.270 e. The third kappa shape index (κ3) is 2.96. The molecule has 0 radical (unpaired) electrons. The van der Waals surface area contributed by atoms with Crippen LogP contribution in [0.15, 0.2) is 30.3 Å². The molecule has 1 aromatic heterocycles. The van der Waals surface area contributed by atoms with Gasteiger partial charge in [0.15, 0.2) is 6.10 Å². The Hall–Kier alpha value is -2.52. The van der Waals surface area contributed by atoms with Crippen molar-refractivity contribution in [2.24, 2.45) is 0 Å². The van der Waals surface area contributed by atoms with Crippen molar-refractivity contribution in [3.8, 4) is 11.6 Å². The van der Waals surface area contributed by atoms with E-state index in [1.54, 1.807) is 32.9 Å². The van der Waals surface area contributed by atoms with Crippen molar-refractivity contribution in [2.75, 3.05) is 0 Å². The number of H-pyrrole nitrogens is 1. The van der Waals surface area contributed by atoms with Gasteiger partial charge in [-0.05, 0) is 32.9 Å². The second kappa shape index (κ2) is 5.78. The predicted octanol–water partition coefficient (Wildman–Crippen LogP) is 3.09. The van der Waals surface area contributed by atoms with Crippen molar-refractivity contribution >= 4 is 17.9 Å². The molecule has 2 atom stereocenters. The third-order valence-electron chi connectivity index (χ3n) is 4.47. The summed E-state index contributed by atoms with van der Waals surface area (Å²) in [5.41, 5.74) is -2.22. The van der Waals surface area contributed by atoms with E-state index in [1.165, 1.54) is 18.2 Å². The lowest BCUT2D eigenvalue weighted by molar-refractivity contribution is -0.385. The Bertz CT molecular complexity index is 873. The first kappa shape index (κ1) is 17.3. The first-order valence-electron chi connectivity index (χ1n) is 7.54. The van der Waals surface area contributed by atoms with Crippen LogP contribution < -0.4 is 9.47 Å². The van der Waals surface area contributed by atoms with Crippen LogP contribution in [-0.2, 0) is 0 Å². The summed E-state index contributed by atoms with van der Waals surface area (Å²) in [6, 6.07) is 7.37. The lowest BCUT2D eigenvalue weighted by Gasteiger charge is -2.48. The standard InChI is InChI=1S/C16H17N3O5S/c1-15(2)16(3,20)14(23-12-6-7-13(25)18-17-12)10-8-9(19(21)22)4-5-11(10)24-15/h4-8,14,20H,1-3H3,(H,18,25). The van der Waals surface area contributed by atoms with Gasteiger partial charge >= 0.3 is 0 Å². The summed E-state index contributed by atoms with van der Waals surface area (Å²) in [4.78, 5) is 10.6. The number of rotatable bonds is 3. The minimum atomic E-state index is -1.48. The molecule has 0 spiro atoms. The number of fused-ring (bicyclic) bond motifs is 1. The fourth-order valence-corrected chi connectivity index (χ4v) is 2.75. The van der Waals surface area contributed by atoms with E-state index in [2.05, 4.69) is 10.2 Å². The molecule has 2 N–H and O–H groups in total. The maximum absolute atomic E-state index is 11.1. The zero-order valence-corrected chi connectivity index (χ0v) is 14.7. The third-order valence-corrected chi connectivity index (χ3v) is 4.70. The Kier molecular flexibility index (Phi) is 4.00. The Labute approximate surface area is 148 Å². The highest BCUT2D eigenvalue weighted by atomic mass is 32.1. The van der Waals surface area contributed by atoms with Crippen LogP contribution in [0.3, 0.4) is 0 Å². The maximum atomic E-state index is 11.1. The van der Waals surface area contributed by atoms with Crippen LogP contribution in [0.4, 0.5) is 5.69 Å². The number of benzene rings is 1. The van der Waals surface area contributed by atoms with Crippen LogP contribution in [-0.4, -0.2) is 31.4 Å². The van der Waals surface area contributed by atoms with Crippen molar-refractivity contribution in [2.45, 2.75) is 38.1 Å². The summed E-state index contributed by atoms with van der Waals surface area (Å²) in [7, 11) is 0. The van der Waals surface area contributed by atoms with Gasteiger partial charge in [-0.1, -0.05) is 12.2 Å². The molecule has 1 aliphatic rings. The first-order valence-corrected chi connectivity index (χ1v) is 7.95. The van der Waals surface area contributed by atoms with Gasteiger partial charge in [-0.15, -0.1) is 5.10 Å². The molecule has 2 aromatic rings. The van der Waals surface area contributed by atoms with Crippen LogP contribution in [0.5, 0.6) is 11.6 Å². The topological polar surface area (TPSA) is 111 Å². The average Bonchev–Trinajstić information content (AvgIpc) is 2.53. The number of nitrogens with one attached hydrogen (secondary N) is 1. The van der Waals surface area contributed by atoms with E-state index in [-0.39, 0.29) is 11.6 Å². The fourth-order valence-electron chi connectivity index (χ4n) is 2.64. The number of hydrogen-bond donors (Lipinski definition) is 2. The number of aromatic nitrogens is 2. The molecule has 2 unspecified atom stereocenters. The number of non-ortho nitro benzene ring substituents is 1.